The van der Waals surface area contributed by atoms with Gasteiger partial charge in [0.25, 0.3) is 5.91 Å². The number of nitrogens with one attached hydrogen (secondary N) is 1. The highest BCUT2D eigenvalue weighted by atomic mass is 16.5. The largest absolute Gasteiger partial charge is 0.488 e. The van der Waals surface area contributed by atoms with Crippen molar-refractivity contribution in [2.75, 3.05) is 6.61 Å². The summed E-state index contributed by atoms with van der Waals surface area (Å²) in [7, 11) is 0. The summed E-state index contributed by atoms with van der Waals surface area (Å²) in [6.07, 6.45) is 0. The number of nitrogens with zero attached hydrogens (tertiary/aromatic N) is 1. The van der Waals surface area contributed by atoms with E-state index in [9.17, 15) is 9.59 Å². The van der Waals surface area contributed by atoms with Crippen LogP contribution in [0.4, 0.5) is 0 Å². The number of hydrogen-bond donors (Lipinski definition) is 1. The van der Waals surface area contributed by atoms with E-state index in [-0.39, 0.29) is 18.9 Å². The van der Waals surface area contributed by atoms with Gasteiger partial charge in [-0.15, -0.1) is 0 Å². The monoisotopic (exact) mass is 330 g/mol. The molecule has 0 saturated carbocycles. The fourth-order valence-corrected chi connectivity index (χ4v) is 2.52. The molecule has 1 aliphatic rings. The van der Waals surface area contributed by atoms with E-state index in [1.165, 1.54) is 0 Å². The number of ether oxygens (including phenoxy) is 2. The van der Waals surface area contributed by atoms with E-state index in [0.717, 1.165) is 11.1 Å². The summed E-state index contributed by atoms with van der Waals surface area (Å²) in [4.78, 5) is 24.0. The van der Waals surface area contributed by atoms with Crippen LogP contribution in [-0.2, 0) is 16.1 Å². The molecule has 1 aromatic heterocycles. The number of hydrogen-bond acceptors (Lipinski definition) is 6. The van der Waals surface area contributed by atoms with Gasteiger partial charge < -0.3 is 19.3 Å². The normalized spacial score (nSPS) is 13.3. The zero-order chi connectivity index (χ0) is 17.3. The lowest BCUT2D eigenvalue weighted by Crippen LogP contribution is -2.40. The lowest BCUT2D eigenvalue weighted by molar-refractivity contribution is -0.144. The summed E-state index contributed by atoms with van der Waals surface area (Å²) in [5, 5.41) is 6.43. The second-order valence-electron chi connectivity index (χ2n) is 5.57. The highest BCUT2D eigenvalue weighted by Crippen LogP contribution is 2.39. The quantitative estimate of drug-likeness (QED) is 0.865. The first-order chi connectivity index (χ1) is 11.5. The van der Waals surface area contributed by atoms with Gasteiger partial charge in [0, 0.05) is 0 Å². The Morgan fingerprint density at radius 1 is 1.42 bits per heavy atom. The molecular weight excluding hydrogens is 312 g/mol. The Bertz CT molecular complexity index is 796. The van der Waals surface area contributed by atoms with Crippen LogP contribution < -0.4 is 10.1 Å². The molecule has 0 bridgehead atoms. The smallest absolute Gasteiger partial charge is 0.328 e. The average molecular weight is 330 g/mol. The van der Waals surface area contributed by atoms with E-state index in [2.05, 4.69) is 10.5 Å². The molecule has 1 aromatic carbocycles. The van der Waals surface area contributed by atoms with Crippen molar-refractivity contribution in [2.24, 2.45) is 0 Å². The summed E-state index contributed by atoms with van der Waals surface area (Å²) in [5.41, 5.74) is 2.50. The van der Waals surface area contributed by atoms with Crippen LogP contribution in [0.3, 0.4) is 0 Å². The molecule has 7 nitrogen and oxygen atoms in total. The van der Waals surface area contributed by atoms with Gasteiger partial charge in [0.05, 0.1) is 17.7 Å². The Balaban J connectivity index is 1.85. The third kappa shape index (κ3) is 2.84. The summed E-state index contributed by atoms with van der Waals surface area (Å²) in [6.45, 7) is 5.65. The topological polar surface area (TPSA) is 90.7 Å². The van der Waals surface area contributed by atoms with Crippen LogP contribution in [-0.4, -0.2) is 29.7 Å². The van der Waals surface area contributed by atoms with Gasteiger partial charge in [-0.05, 0) is 32.9 Å². The molecular formula is C17H18N2O5. The number of carbonyl (C=O) groups is 2. The third-order valence-electron chi connectivity index (χ3n) is 3.74. The fraction of sp³-hybridized carbons (Fsp3) is 0.353. The molecule has 3 rings (SSSR count). The summed E-state index contributed by atoms with van der Waals surface area (Å²) in [6, 6.07) is 4.94. The molecule has 0 unspecified atom stereocenters. The maximum absolute atomic E-state index is 12.4. The Labute approximate surface area is 138 Å². The average Bonchev–Trinajstić information content (AvgIpc) is 2.99. The van der Waals surface area contributed by atoms with Crippen molar-refractivity contribution in [1.82, 2.24) is 10.5 Å². The van der Waals surface area contributed by atoms with Crippen molar-refractivity contribution in [3.8, 4) is 17.1 Å². The van der Waals surface area contributed by atoms with Gasteiger partial charge in [0.2, 0.25) is 0 Å². The lowest BCUT2D eigenvalue weighted by Gasteiger charge is -2.17. The van der Waals surface area contributed by atoms with Crippen LogP contribution in [0.1, 0.15) is 35.5 Å². The number of rotatable bonds is 4. The lowest BCUT2D eigenvalue weighted by atomic mass is 10.0. The SMILES string of the molecule is CCOC(=O)[C@@H](C)NC(=O)c1noc2c1COc1ccc(C)cc1-2. The maximum Gasteiger partial charge on any atom is 0.328 e. The fourth-order valence-electron chi connectivity index (χ4n) is 2.52. The number of carbonyl (C=O) groups excluding carboxylic acids is 2. The summed E-state index contributed by atoms with van der Waals surface area (Å²) in [5.74, 6) is 0.214. The molecule has 0 radical (unpaired) electrons. The summed E-state index contributed by atoms with van der Waals surface area (Å²) >= 11 is 0. The van der Waals surface area contributed by atoms with Crippen molar-refractivity contribution < 1.29 is 23.6 Å². The molecule has 24 heavy (non-hydrogen) atoms. The first-order valence-electron chi connectivity index (χ1n) is 7.71. The molecule has 0 saturated heterocycles. The number of aromatic nitrogens is 1. The number of fused-ring (bicyclic) bond motifs is 3. The van der Waals surface area contributed by atoms with Crippen molar-refractivity contribution in [2.45, 2.75) is 33.4 Å². The van der Waals surface area contributed by atoms with Gasteiger partial charge in [-0.3, -0.25) is 4.79 Å². The number of benzene rings is 1. The third-order valence-corrected chi connectivity index (χ3v) is 3.74. The van der Waals surface area contributed by atoms with Crippen LogP contribution in [0.25, 0.3) is 11.3 Å². The number of aryl methyl sites for hydroxylation is 1. The molecule has 0 aliphatic carbocycles. The van der Waals surface area contributed by atoms with Crippen LogP contribution in [0, 0.1) is 6.92 Å². The van der Waals surface area contributed by atoms with Crippen molar-refractivity contribution >= 4 is 11.9 Å². The van der Waals surface area contributed by atoms with Gasteiger partial charge >= 0.3 is 5.97 Å². The second kappa shape index (κ2) is 6.35. The van der Waals surface area contributed by atoms with Crippen LogP contribution >= 0.6 is 0 Å². The standard InChI is InChI=1S/C17H18N2O5/c1-4-22-17(21)10(3)18-16(20)14-12-8-23-13-6-5-9(2)7-11(13)15(12)24-19-14/h5-7,10H,4,8H2,1-3H3,(H,18,20)/t10-/m1/s1. The van der Waals surface area contributed by atoms with Crippen LogP contribution in [0.5, 0.6) is 5.75 Å². The van der Waals surface area contributed by atoms with E-state index >= 15 is 0 Å². The first-order valence-corrected chi connectivity index (χ1v) is 7.71. The Morgan fingerprint density at radius 2 is 2.21 bits per heavy atom. The molecule has 1 N–H and O–H groups in total. The molecule has 1 atom stereocenters. The van der Waals surface area contributed by atoms with Gasteiger partial charge in [-0.25, -0.2) is 4.79 Å². The van der Waals surface area contributed by atoms with E-state index in [1.807, 2.05) is 25.1 Å². The van der Waals surface area contributed by atoms with Gasteiger partial charge in [-0.2, -0.15) is 0 Å². The Kier molecular flexibility index (Phi) is 4.24. The predicted octanol–water partition coefficient (Wildman–Crippen LogP) is 2.22. The Morgan fingerprint density at radius 3 is 2.96 bits per heavy atom. The minimum atomic E-state index is -0.774. The number of amides is 1. The zero-order valence-corrected chi connectivity index (χ0v) is 13.7. The van der Waals surface area contributed by atoms with Crippen molar-refractivity contribution in [3.05, 3.63) is 35.0 Å². The molecule has 1 aliphatic heterocycles. The molecule has 2 aromatic rings. The van der Waals surface area contributed by atoms with Crippen LogP contribution in [0.2, 0.25) is 0 Å². The minimum absolute atomic E-state index is 0.119. The Hall–Kier alpha value is -2.83. The highest BCUT2D eigenvalue weighted by Gasteiger charge is 2.30. The van der Waals surface area contributed by atoms with E-state index in [0.29, 0.717) is 17.1 Å². The van der Waals surface area contributed by atoms with E-state index in [4.69, 9.17) is 14.0 Å². The maximum atomic E-state index is 12.4. The van der Waals surface area contributed by atoms with Gasteiger partial charge in [-0.1, -0.05) is 16.8 Å². The van der Waals surface area contributed by atoms with Gasteiger partial charge in [0.15, 0.2) is 11.5 Å². The van der Waals surface area contributed by atoms with Crippen molar-refractivity contribution in [1.29, 1.82) is 0 Å². The molecule has 0 spiro atoms. The van der Waals surface area contributed by atoms with Crippen molar-refractivity contribution in [3.63, 3.8) is 0 Å². The molecule has 7 heteroatoms. The molecule has 126 valence electrons. The first kappa shape index (κ1) is 16.0. The molecule has 2 heterocycles. The zero-order valence-electron chi connectivity index (χ0n) is 13.7. The molecule has 1 amide bonds. The highest BCUT2D eigenvalue weighted by molar-refractivity contribution is 5.97. The van der Waals surface area contributed by atoms with E-state index < -0.39 is 17.9 Å². The van der Waals surface area contributed by atoms with Crippen LogP contribution in [0.15, 0.2) is 22.7 Å². The summed E-state index contributed by atoms with van der Waals surface area (Å²) < 4.78 is 15.9. The number of esters is 1. The predicted molar refractivity (Wildman–Crippen MR) is 84.6 cm³/mol. The van der Waals surface area contributed by atoms with Gasteiger partial charge in [0.1, 0.15) is 18.4 Å². The molecule has 0 fully saturated rings. The van der Waals surface area contributed by atoms with E-state index in [1.54, 1.807) is 13.8 Å². The second-order valence-corrected chi connectivity index (χ2v) is 5.57. The minimum Gasteiger partial charge on any atom is -0.488 e.